The summed E-state index contributed by atoms with van der Waals surface area (Å²) in [4.78, 5) is 11.6. The van der Waals surface area contributed by atoms with Crippen LogP contribution >= 0.6 is 11.6 Å². The van der Waals surface area contributed by atoms with Gasteiger partial charge < -0.3 is 10.4 Å². The highest BCUT2D eigenvalue weighted by molar-refractivity contribution is 6.30. The van der Waals surface area contributed by atoms with Crippen LogP contribution in [0.4, 0.5) is 0 Å². The number of benzene rings is 1. The number of carbonyl (C=O) groups excluding carboxylic acids is 1. The van der Waals surface area contributed by atoms with Crippen LogP contribution in [0.15, 0.2) is 30.3 Å². The second kappa shape index (κ2) is 8.73. The van der Waals surface area contributed by atoms with E-state index in [-0.39, 0.29) is 12.5 Å². The summed E-state index contributed by atoms with van der Waals surface area (Å²) in [5.41, 5.74) is 0.894. The van der Waals surface area contributed by atoms with Crippen LogP contribution in [0.25, 0.3) is 6.08 Å². The highest BCUT2D eigenvalue weighted by atomic mass is 35.5. The number of hydrogen-bond donors (Lipinski definition) is 2. The molecule has 0 saturated heterocycles. The topological polar surface area (TPSA) is 49.3 Å². The molecule has 3 nitrogen and oxygen atoms in total. The van der Waals surface area contributed by atoms with Gasteiger partial charge in [-0.15, -0.1) is 0 Å². The monoisotopic (exact) mass is 281 g/mol. The molecule has 104 valence electrons. The number of rotatable bonds is 7. The molecule has 0 radical (unpaired) electrons. The summed E-state index contributed by atoms with van der Waals surface area (Å²) >= 11 is 5.86. The first-order valence-electron chi connectivity index (χ1n) is 6.48. The minimum atomic E-state index is -0.128. The second-order valence-corrected chi connectivity index (χ2v) is 4.86. The molecule has 0 bridgehead atoms. The Morgan fingerprint density at radius 3 is 2.95 bits per heavy atom. The first kappa shape index (κ1) is 15.7. The molecule has 4 heteroatoms. The van der Waals surface area contributed by atoms with Crippen molar-refractivity contribution in [2.24, 2.45) is 5.92 Å². The van der Waals surface area contributed by atoms with Crippen molar-refractivity contribution in [1.29, 1.82) is 0 Å². The molecule has 1 unspecified atom stereocenters. The molecule has 0 aliphatic rings. The fourth-order valence-corrected chi connectivity index (χ4v) is 1.92. The Labute approximate surface area is 119 Å². The standard InChI is InChI=1S/C15H20ClNO2/c1-2-12(8-9-18)11-17-15(19)7-6-13-4-3-5-14(16)10-13/h3-7,10,12,18H,2,8-9,11H2,1H3,(H,17,19). The molecule has 1 atom stereocenters. The van der Waals surface area contributed by atoms with Crippen LogP contribution in [0.3, 0.4) is 0 Å². The average Bonchev–Trinajstić information content (AvgIpc) is 2.41. The van der Waals surface area contributed by atoms with Crippen LogP contribution in [0, 0.1) is 5.92 Å². The Morgan fingerprint density at radius 2 is 2.32 bits per heavy atom. The minimum absolute atomic E-state index is 0.128. The summed E-state index contributed by atoms with van der Waals surface area (Å²) in [7, 11) is 0. The van der Waals surface area contributed by atoms with Gasteiger partial charge in [0.1, 0.15) is 0 Å². The Hall–Kier alpha value is -1.32. The number of aliphatic hydroxyl groups excluding tert-OH is 1. The molecular formula is C15H20ClNO2. The van der Waals surface area contributed by atoms with E-state index in [1.54, 1.807) is 18.2 Å². The van der Waals surface area contributed by atoms with Crippen LogP contribution in [-0.4, -0.2) is 24.2 Å². The lowest BCUT2D eigenvalue weighted by Crippen LogP contribution is -2.28. The number of aliphatic hydroxyl groups is 1. The Balaban J connectivity index is 2.42. The van der Waals surface area contributed by atoms with Crippen molar-refractivity contribution in [3.05, 3.63) is 40.9 Å². The molecule has 1 rings (SSSR count). The molecule has 0 aliphatic carbocycles. The SMILES string of the molecule is CCC(CCO)CNC(=O)C=Cc1cccc(Cl)c1. The molecule has 0 spiro atoms. The summed E-state index contributed by atoms with van der Waals surface area (Å²) < 4.78 is 0. The van der Waals surface area contributed by atoms with Crippen LogP contribution in [-0.2, 0) is 4.79 Å². The Morgan fingerprint density at radius 1 is 1.53 bits per heavy atom. The van der Waals surface area contributed by atoms with Crippen molar-refractivity contribution in [3.63, 3.8) is 0 Å². The van der Waals surface area contributed by atoms with E-state index >= 15 is 0 Å². The van der Waals surface area contributed by atoms with Crippen molar-refractivity contribution in [2.45, 2.75) is 19.8 Å². The van der Waals surface area contributed by atoms with E-state index in [0.717, 1.165) is 18.4 Å². The quantitative estimate of drug-likeness (QED) is 0.755. The number of halogens is 1. The van der Waals surface area contributed by atoms with Crippen molar-refractivity contribution in [1.82, 2.24) is 5.32 Å². The first-order valence-corrected chi connectivity index (χ1v) is 6.85. The summed E-state index contributed by atoms with van der Waals surface area (Å²) in [5.74, 6) is 0.199. The van der Waals surface area contributed by atoms with Crippen molar-refractivity contribution in [3.8, 4) is 0 Å². The zero-order valence-electron chi connectivity index (χ0n) is 11.1. The lowest BCUT2D eigenvalue weighted by molar-refractivity contribution is -0.116. The predicted molar refractivity (Wildman–Crippen MR) is 79.0 cm³/mol. The van der Waals surface area contributed by atoms with Gasteiger partial charge in [0.15, 0.2) is 0 Å². The van der Waals surface area contributed by atoms with Gasteiger partial charge in [0.2, 0.25) is 5.91 Å². The van der Waals surface area contributed by atoms with E-state index in [4.69, 9.17) is 16.7 Å². The zero-order chi connectivity index (χ0) is 14.1. The number of hydrogen-bond acceptors (Lipinski definition) is 2. The maximum atomic E-state index is 11.6. The molecular weight excluding hydrogens is 262 g/mol. The Bertz CT molecular complexity index is 432. The van der Waals surface area contributed by atoms with Gasteiger partial charge in [-0.2, -0.15) is 0 Å². The van der Waals surface area contributed by atoms with E-state index < -0.39 is 0 Å². The third-order valence-corrected chi connectivity index (χ3v) is 3.19. The number of carbonyl (C=O) groups is 1. The maximum absolute atomic E-state index is 11.6. The van der Waals surface area contributed by atoms with E-state index in [1.165, 1.54) is 6.08 Å². The van der Waals surface area contributed by atoms with Gasteiger partial charge in [-0.25, -0.2) is 0 Å². The van der Waals surface area contributed by atoms with Crippen LogP contribution in [0.1, 0.15) is 25.3 Å². The zero-order valence-corrected chi connectivity index (χ0v) is 11.9. The fraction of sp³-hybridized carbons (Fsp3) is 0.400. The summed E-state index contributed by atoms with van der Waals surface area (Å²) in [6.07, 6.45) is 4.89. The second-order valence-electron chi connectivity index (χ2n) is 4.42. The van der Waals surface area contributed by atoms with E-state index in [1.807, 2.05) is 19.1 Å². The molecule has 1 amide bonds. The first-order chi connectivity index (χ1) is 9.15. The minimum Gasteiger partial charge on any atom is -0.396 e. The third-order valence-electron chi connectivity index (χ3n) is 2.96. The lowest BCUT2D eigenvalue weighted by atomic mass is 10.0. The van der Waals surface area contributed by atoms with Crippen molar-refractivity contribution in [2.75, 3.05) is 13.2 Å². The molecule has 0 heterocycles. The molecule has 0 fully saturated rings. The summed E-state index contributed by atoms with van der Waals surface area (Å²) in [6, 6.07) is 7.32. The van der Waals surface area contributed by atoms with Crippen molar-refractivity contribution < 1.29 is 9.90 Å². The third kappa shape index (κ3) is 6.41. The smallest absolute Gasteiger partial charge is 0.244 e. The predicted octanol–water partition coefficient (Wildman–Crippen LogP) is 2.88. The number of nitrogens with one attached hydrogen (secondary N) is 1. The van der Waals surface area contributed by atoms with Gasteiger partial charge >= 0.3 is 0 Å². The van der Waals surface area contributed by atoms with E-state index in [9.17, 15) is 4.79 Å². The van der Waals surface area contributed by atoms with Gasteiger partial charge in [-0.05, 0) is 36.1 Å². The fourth-order valence-electron chi connectivity index (χ4n) is 1.72. The van der Waals surface area contributed by atoms with Gasteiger partial charge in [0.25, 0.3) is 0 Å². The average molecular weight is 282 g/mol. The lowest BCUT2D eigenvalue weighted by Gasteiger charge is -2.13. The normalized spacial score (nSPS) is 12.6. The van der Waals surface area contributed by atoms with E-state index in [0.29, 0.717) is 17.5 Å². The van der Waals surface area contributed by atoms with Gasteiger partial charge in [0, 0.05) is 24.3 Å². The summed E-state index contributed by atoms with van der Waals surface area (Å²) in [5, 5.41) is 12.4. The van der Waals surface area contributed by atoms with Crippen molar-refractivity contribution >= 4 is 23.6 Å². The van der Waals surface area contributed by atoms with Gasteiger partial charge in [-0.3, -0.25) is 4.79 Å². The molecule has 19 heavy (non-hydrogen) atoms. The highest BCUT2D eigenvalue weighted by Crippen LogP contribution is 2.11. The van der Waals surface area contributed by atoms with Gasteiger partial charge in [0.05, 0.1) is 0 Å². The largest absolute Gasteiger partial charge is 0.396 e. The Kier molecular flexibility index (Phi) is 7.23. The molecule has 2 N–H and O–H groups in total. The van der Waals surface area contributed by atoms with E-state index in [2.05, 4.69) is 5.32 Å². The molecule has 1 aromatic carbocycles. The molecule has 0 aliphatic heterocycles. The maximum Gasteiger partial charge on any atom is 0.244 e. The number of amides is 1. The van der Waals surface area contributed by atoms with Crippen LogP contribution < -0.4 is 5.32 Å². The molecule has 1 aromatic rings. The molecule has 0 saturated carbocycles. The molecule has 0 aromatic heterocycles. The highest BCUT2D eigenvalue weighted by Gasteiger charge is 2.06. The van der Waals surface area contributed by atoms with Crippen LogP contribution in [0.5, 0.6) is 0 Å². The van der Waals surface area contributed by atoms with Gasteiger partial charge in [-0.1, -0.05) is 37.1 Å². The summed E-state index contributed by atoms with van der Waals surface area (Å²) in [6.45, 7) is 2.80. The van der Waals surface area contributed by atoms with Crippen LogP contribution in [0.2, 0.25) is 5.02 Å².